The molecule has 0 aliphatic rings. The Morgan fingerprint density at radius 2 is 2.03 bits per heavy atom. The van der Waals surface area contributed by atoms with Gasteiger partial charge in [-0.15, -0.1) is 0 Å². The lowest BCUT2D eigenvalue weighted by Gasteiger charge is -2.08. The van der Waals surface area contributed by atoms with Crippen molar-refractivity contribution in [3.63, 3.8) is 0 Å². The van der Waals surface area contributed by atoms with Gasteiger partial charge in [-0.25, -0.2) is 9.18 Å². The third kappa shape index (κ3) is 4.81. The summed E-state index contributed by atoms with van der Waals surface area (Å²) in [6.07, 6.45) is 0. The number of ether oxygens (including phenoxy) is 1. The molecule has 12 heteroatoms. The van der Waals surface area contributed by atoms with E-state index in [4.69, 9.17) is 32.5 Å². The Morgan fingerprint density at radius 3 is 2.71 bits per heavy atom. The van der Waals surface area contributed by atoms with Crippen molar-refractivity contribution < 1.29 is 28.2 Å². The predicted octanol–water partition coefficient (Wildman–Crippen LogP) is 4.80. The monoisotopic (exact) mass is 467 g/mol. The number of carbonyl (C=O) groups excluding carboxylic acids is 2. The first-order valence-electron chi connectivity index (χ1n) is 8.50. The Morgan fingerprint density at radius 1 is 1.29 bits per heavy atom. The number of hydrogen-bond acceptors (Lipinski definition) is 7. The Balaban J connectivity index is 1.77. The SMILES string of the molecule is Cc1onc(-c2c(F)cccc2Cl)c1C(=O)OCC(=O)Nc1cc(Cl)ccc1[N+](=O)[O-]. The maximum Gasteiger partial charge on any atom is 0.344 e. The molecule has 0 bridgehead atoms. The van der Waals surface area contributed by atoms with E-state index >= 15 is 0 Å². The quantitative estimate of drug-likeness (QED) is 0.313. The van der Waals surface area contributed by atoms with Crippen LogP contribution in [0.2, 0.25) is 10.0 Å². The van der Waals surface area contributed by atoms with E-state index in [1.165, 1.54) is 31.2 Å². The van der Waals surface area contributed by atoms with Crippen molar-refractivity contribution in [1.29, 1.82) is 0 Å². The lowest BCUT2D eigenvalue weighted by Crippen LogP contribution is -2.21. The number of aromatic nitrogens is 1. The number of nitrogens with one attached hydrogen (secondary N) is 1. The van der Waals surface area contributed by atoms with Crippen LogP contribution in [0.15, 0.2) is 40.9 Å². The fourth-order valence-corrected chi connectivity index (χ4v) is 3.09. The second kappa shape index (κ2) is 9.11. The summed E-state index contributed by atoms with van der Waals surface area (Å²) in [5.74, 6) is -2.60. The number of esters is 1. The average Bonchev–Trinajstić information content (AvgIpc) is 3.07. The van der Waals surface area contributed by atoms with E-state index in [1.54, 1.807) is 0 Å². The molecule has 3 rings (SSSR count). The van der Waals surface area contributed by atoms with Gasteiger partial charge in [-0.2, -0.15) is 0 Å². The zero-order valence-corrected chi connectivity index (χ0v) is 17.2. The maximum atomic E-state index is 14.2. The first kappa shape index (κ1) is 22.2. The molecule has 0 aliphatic carbocycles. The lowest BCUT2D eigenvalue weighted by molar-refractivity contribution is -0.383. The lowest BCUT2D eigenvalue weighted by atomic mass is 10.1. The second-order valence-electron chi connectivity index (χ2n) is 6.10. The molecule has 2 aromatic carbocycles. The van der Waals surface area contributed by atoms with Crippen molar-refractivity contribution in [3.8, 4) is 11.3 Å². The minimum atomic E-state index is -1.02. The highest BCUT2D eigenvalue weighted by Gasteiger charge is 2.27. The van der Waals surface area contributed by atoms with Crippen molar-refractivity contribution in [2.45, 2.75) is 6.92 Å². The van der Waals surface area contributed by atoms with Crippen LogP contribution in [0, 0.1) is 22.9 Å². The largest absolute Gasteiger partial charge is 0.452 e. The number of halogens is 3. The molecule has 0 atom stereocenters. The molecule has 1 aromatic heterocycles. The van der Waals surface area contributed by atoms with E-state index in [2.05, 4.69) is 10.5 Å². The van der Waals surface area contributed by atoms with Crippen molar-refractivity contribution in [2.24, 2.45) is 0 Å². The summed E-state index contributed by atoms with van der Waals surface area (Å²) in [4.78, 5) is 35.0. The van der Waals surface area contributed by atoms with E-state index in [0.29, 0.717) is 0 Å². The highest BCUT2D eigenvalue weighted by molar-refractivity contribution is 6.33. The molecular weight excluding hydrogens is 456 g/mol. The van der Waals surface area contributed by atoms with Crippen LogP contribution in [0.4, 0.5) is 15.8 Å². The molecule has 160 valence electrons. The summed E-state index contributed by atoms with van der Waals surface area (Å²) >= 11 is 11.8. The fraction of sp³-hybridized carbons (Fsp3) is 0.105. The van der Waals surface area contributed by atoms with Gasteiger partial charge < -0.3 is 14.6 Å². The van der Waals surface area contributed by atoms with E-state index in [0.717, 1.165) is 12.1 Å². The highest BCUT2D eigenvalue weighted by atomic mass is 35.5. The molecule has 1 amide bonds. The first-order valence-corrected chi connectivity index (χ1v) is 9.26. The molecule has 1 N–H and O–H groups in total. The van der Waals surface area contributed by atoms with E-state index in [-0.39, 0.29) is 38.3 Å². The molecular formula is C19H12Cl2FN3O6. The predicted molar refractivity (Wildman–Crippen MR) is 109 cm³/mol. The van der Waals surface area contributed by atoms with Crippen LogP contribution in [0.25, 0.3) is 11.3 Å². The minimum absolute atomic E-state index is 0.00615. The standard InChI is InChI=1S/C19H12Cl2FN3O6/c1-9-16(18(24-31-9)17-11(21)3-2-4-12(17)22)19(27)30-8-15(26)23-13-7-10(20)5-6-14(13)25(28)29/h2-7H,8H2,1H3,(H,23,26). The van der Waals surface area contributed by atoms with Gasteiger partial charge in [0.05, 0.1) is 15.5 Å². The van der Waals surface area contributed by atoms with Crippen LogP contribution in [-0.2, 0) is 9.53 Å². The topological polar surface area (TPSA) is 125 Å². The number of amides is 1. The van der Waals surface area contributed by atoms with Gasteiger partial charge in [-0.3, -0.25) is 14.9 Å². The molecule has 1 heterocycles. The number of nitrogens with zero attached hydrogens (tertiary/aromatic N) is 2. The molecule has 31 heavy (non-hydrogen) atoms. The van der Waals surface area contributed by atoms with Crippen molar-refractivity contribution in [1.82, 2.24) is 5.16 Å². The van der Waals surface area contributed by atoms with Gasteiger partial charge >= 0.3 is 5.97 Å². The summed E-state index contributed by atoms with van der Waals surface area (Å²) in [6, 6.07) is 7.51. The Labute approximate surface area is 183 Å². The summed E-state index contributed by atoms with van der Waals surface area (Å²) < 4.78 is 24.2. The smallest absolute Gasteiger partial charge is 0.344 e. The number of carbonyl (C=O) groups is 2. The van der Waals surface area contributed by atoms with E-state index in [1.807, 2.05) is 0 Å². The van der Waals surface area contributed by atoms with Crippen LogP contribution >= 0.6 is 23.2 Å². The number of nitro groups is 1. The summed E-state index contributed by atoms with van der Waals surface area (Å²) in [6.45, 7) is 0.606. The Hall–Kier alpha value is -3.50. The van der Waals surface area contributed by atoms with E-state index < -0.39 is 34.9 Å². The van der Waals surface area contributed by atoms with Crippen molar-refractivity contribution in [3.05, 3.63) is 73.7 Å². The molecule has 0 fully saturated rings. The number of nitro benzene ring substituents is 1. The van der Waals surface area contributed by atoms with Crippen LogP contribution < -0.4 is 5.32 Å². The number of aryl methyl sites for hydroxylation is 1. The van der Waals surface area contributed by atoms with Crippen molar-refractivity contribution in [2.75, 3.05) is 11.9 Å². The van der Waals surface area contributed by atoms with Gasteiger partial charge in [0.15, 0.2) is 6.61 Å². The highest BCUT2D eigenvalue weighted by Crippen LogP contribution is 2.34. The molecule has 0 unspecified atom stereocenters. The summed E-state index contributed by atoms with van der Waals surface area (Å²) in [5.41, 5.74) is -1.12. The number of hydrogen-bond donors (Lipinski definition) is 1. The normalized spacial score (nSPS) is 10.6. The van der Waals surface area contributed by atoms with Gasteiger partial charge in [0.25, 0.3) is 11.6 Å². The first-order chi connectivity index (χ1) is 14.7. The van der Waals surface area contributed by atoms with Gasteiger partial charge in [-0.1, -0.05) is 34.4 Å². The van der Waals surface area contributed by atoms with Crippen LogP contribution in [0.3, 0.4) is 0 Å². The van der Waals surface area contributed by atoms with Crippen LogP contribution in [0.1, 0.15) is 16.1 Å². The Bertz CT molecular complexity index is 1180. The van der Waals surface area contributed by atoms with Crippen LogP contribution in [0.5, 0.6) is 0 Å². The molecule has 0 saturated heterocycles. The third-order valence-electron chi connectivity index (χ3n) is 4.03. The minimum Gasteiger partial charge on any atom is -0.452 e. The molecule has 9 nitrogen and oxygen atoms in total. The molecule has 0 aliphatic heterocycles. The second-order valence-corrected chi connectivity index (χ2v) is 6.95. The molecule has 0 saturated carbocycles. The van der Waals surface area contributed by atoms with E-state index in [9.17, 15) is 24.1 Å². The maximum absolute atomic E-state index is 14.2. The third-order valence-corrected chi connectivity index (χ3v) is 4.58. The van der Waals surface area contributed by atoms with Crippen molar-refractivity contribution >= 4 is 46.5 Å². The number of rotatable bonds is 6. The van der Waals surface area contributed by atoms with Gasteiger partial charge in [0.1, 0.15) is 28.5 Å². The number of anilines is 1. The molecule has 0 radical (unpaired) electrons. The van der Waals surface area contributed by atoms with Gasteiger partial charge in [0.2, 0.25) is 0 Å². The summed E-state index contributed by atoms with van der Waals surface area (Å²) in [5, 5.41) is 17.1. The fourth-order valence-electron chi connectivity index (χ4n) is 2.66. The zero-order chi connectivity index (χ0) is 22.7. The van der Waals surface area contributed by atoms with Gasteiger partial charge in [0, 0.05) is 11.1 Å². The average molecular weight is 468 g/mol. The summed E-state index contributed by atoms with van der Waals surface area (Å²) in [7, 11) is 0. The zero-order valence-electron chi connectivity index (χ0n) is 15.6. The van der Waals surface area contributed by atoms with Crippen LogP contribution in [-0.4, -0.2) is 28.6 Å². The molecule has 3 aromatic rings. The Kier molecular flexibility index (Phi) is 6.52. The van der Waals surface area contributed by atoms with Gasteiger partial charge in [-0.05, 0) is 31.2 Å². The molecule has 0 spiro atoms. The number of benzene rings is 2.